The smallest absolute Gasteiger partial charge is 0.325 e. The average molecular weight is 309 g/mol. The van der Waals surface area contributed by atoms with Crippen LogP contribution in [0.2, 0.25) is 0 Å². The van der Waals surface area contributed by atoms with Gasteiger partial charge in [-0.1, -0.05) is 0 Å². The van der Waals surface area contributed by atoms with E-state index in [-0.39, 0.29) is 6.54 Å². The minimum Gasteiger partial charge on any atom is -0.493 e. The topological polar surface area (TPSA) is 68.1 Å². The van der Waals surface area contributed by atoms with Crippen molar-refractivity contribution in [3.63, 3.8) is 0 Å². The second-order valence-electron chi connectivity index (χ2n) is 4.84. The van der Waals surface area contributed by atoms with Crippen LogP contribution in [0.4, 0.5) is 0 Å². The largest absolute Gasteiger partial charge is 0.493 e. The van der Waals surface area contributed by atoms with Crippen molar-refractivity contribution in [2.75, 3.05) is 26.5 Å². The quantitative estimate of drug-likeness (QED) is 0.619. The van der Waals surface area contributed by atoms with Gasteiger partial charge in [0.2, 0.25) is 0 Å². The summed E-state index contributed by atoms with van der Waals surface area (Å²) in [5.41, 5.74) is 0.843. The fraction of sp³-hybridized carbons (Fsp3) is 0.467. The van der Waals surface area contributed by atoms with Gasteiger partial charge in [-0.15, -0.1) is 11.8 Å². The Hall–Kier alpha value is -1.69. The van der Waals surface area contributed by atoms with Crippen LogP contribution in [0.1, 0.15) is 18.4 Å². The van der Waals surface area contributed by atoms with Crippen LogP contribution in [0, 0.1) is 5.92 Å². The number of methoxy groups -OCH3 is 1. The van der Waals surface area contributed by atoms with E-state index in [1.165, 1.54) is 24.6 Å². The highest BCUT2D eigenvalue weighted by molar-refractivity contribution is 8.13. The van der Waals surface area contributed by atoms with Crippen molar-refractivity contribution in [1.82, 2.24) is 0 Å². The zero-order valence-electron chi connectivity index (χ0n) is 12.2. The molecule has 6 heteroatoms. The van der Waals surface area contributed by atoms with E-state index in [1.54, 1.807) is 7.11 Å². The summed E-state index contributed by atoms with van der Waals surface area (Å²) < 4.78 is 11.1. The molecule has 0 saturated heterocycles. The summed E-state index contributed by atoms with van der Waals surface area (Å²) in [6.45, 7) is 0.459. The van der Waals surface area contributed by atoms with Crippen LogP contribution in [0.25, 0.3) is 0 Å². The van der Waals surface area contributed by atoms with Gasteiger partial charge in [-0.05, 0) is 43.2 Å². The van der Waals surface area contributed by atoms with Crippen LogP contribution in [0.3, 0.4) is 0 Å². The third-order valence-corrected chi connectivity index (χ3v) is 3.88. The van der Waals surface area contributed by atoms with Crippen molar-refractivity contribution < 1.29 is 19.4 Å². The van der Waals surface area contributed by atoms with Gasteiger partial charge >= 0.3 is 5.97 Å². The molecule has 0 aromatic heterocycles. The number of nitrogens with zero attached hydrogens (tertiary/aromatic N) is 1. The van der Waals surface area contributed by atoms with Crippen LogP contribution < -0.4 is 9.47 Å². The number of hydrogen-bond acceptors (Lipinski definition) is 5. The molecule has 114 valence electrons. The number of carboxylic acid groups (broad SMARTS) is 1. The molecular formula is C15H19NO4S. The lowest BCUT2D eigenvalue weighted by atomic mass is 10.2. The average Bonchev–Trinajstić information content (AvgIpc) is 3.29. The number of aliphatic imine (C=N–C) groups is 1. The molecule has 0 unspecified atom stereocenters. The van der Waals surface area contributed by atoms with Crippen LogP contribution in [-0.2, 0) is 4.79 Å². The van der Waals surface area contributed by atoms with Crippen molar-refractivity contribution >= 4 is 22.8 Å². The molecule has 0 heterocycles. The zero-order chi connectivity index (χ0) is 15.2. The fourth-order valence-electron chi connectivity index (χ4n) is 1.83. The third-order valence-electron chi connectivity index (χ3n) is 3.13. The number of carbonyl (C=O) groups is 1. The molecule has 21 heavy (non-hydrogen) atoms. The van der Waals surface area contributed by atoms with E-state index in [2.05, 4.69) is 4.99 Å². The third kappa shape index (κ3) is 4.67. The van der Waals surface area contributed by atoms with E-state index in [4.69, 9.17) is 14.6 Å². The summed E-state index contributed by atoms with van der Waals surface area (Å²) in [7, 11) is 1.60. The molecule has 1 aromatic rings. The molecule has 0 amide bonds. The minimum absolute atomic E-state index is 0.236. The molecule has 1 aliphatic carbocycles. The van der Waals surface area contributed by atoms with E-state index >= 15 is 0 Å². The number of aliphatic carboxylic acids is 1. The molecule has 1 aliphatic rings. The van der Waals surface area contributed by atoms with Crippen LogP contribution in [0.15, 0.2) is 23.2 Å². The number of hydrogen-bond donors (Lipinski definition) is 1. The number of thioether (sulfide) groups is 1. The van der Waals surface area contributed by atoms with Crippen molar-refractivity contribution in [3.8, 4) is 11.5 Å². The Morgan fingerprint density at radius 3 is 2.76 bits per heavy atom. The second kappa shape index (κ2) is 7.36. The lowest BCUT2D eigenvalue weighted by molar-refractivity contribution is -0.135. The van der Waals surface area contributed by atoms with Gasteiger partial charge in [0.05, 0.1) is 18.8 Å². The van der Waals surface area contributed by atoms with Crippen molar-refractivity contribution in [1.29, 1.82) is 0 Å². The van der Waals surface area contributed by atoms with Gasteiger partial charge in [0.25, 0.3) is 0 Å². The molecule has 1 aromatic carbocycles. The zero-order valence-corrected chi connectivity index (χ0v) is 13.0. The highest BCUT2D eigenvalue weighted by Crippen LogP contribution is 2.33. The molecule has 0 radical (unpaired) electrons. The number of benzene rings is 1. The Kier molecular flexibility index (Phi) is 5.50. The van der Waals surface area contributed by atoms with E-state index in [9.17, 15) is 4.79 Å². The molecule has 0 atom stereocenters. The Labute approximate surface area is 128 Å². The van der Waals surface area contributed by atoms with E-state index in [1.807, 2.05) is 24.5 Å². The molecule has 1 N–H and O–H groups in total. The first kappa shape index (κ1) is 15.7. The maximum absolute atomic E-state index is 10.6. The van der Waals surface area contributed by atoms with Gasteiger partial charge in [-0.2, -0.15) is 0 Å². The lowest BCUT2D eigenvalue weighted by Crippen LogP contribution is -2.05. The Bertz CT molecular complexity index is 540. The van der Waals surface area contributed by atoms with Gasteiger partial charge in [-0.3, -0.25) is 9.79 Å². The minimum atomic E-state index is -0.944. The Balaban J connectivity index is 2.19. The van der Waals surface area contributed by atoms with Crippen LogP contribution in [0.5, 0.6) is 11.5 Å². The summed E-state index contributed by atoms with van der Waals surface area (Å²) in [6.07, 6.45) is 4.31. The monoisotopic (exact) mass is 309 g/mol. The van der Waals surface area contributed by atoms with Crippen molar-refractivity contribution in [2.45, 2.75) is 12.8 Å². The number of ether oxygens (including phenoxy) is 2. The van der Waals surface area contributed by atoms with Gasteiger partial charge in [0.15, 0.2) is 11.5 Å². The predicted molar refractivity (Wildman–Crippen MR) is 83.8 cm³/mol. The number of carboxylic acids is 1. The molecule has 5 nitrogen and oxygen atoms in total. The second-order valence-corrected chi connectivity index (χ2v) is 5.63. The summed E-state index contributed by atoms with van der Waals surface area (Å²) in [6, 6.07) is 5.54. The predicted octanol–water partition coefficient (Wildman–Crippen LogP) is 2.68. The maximum Gasteiger partial charge on any atom is 0.325 e. The summed E-state index contributed by atoms with van der Waals surface area (Å²) in [5.74, 6) is 1.07. The molecule has 0 bridgehead atoms. The molecule has 1 saturated carbocycles. The Morgan fingerprint density at radius 2 is 2.19 bits per heavy atom. The first-order valence-corrected chi connectivity index (χ1v) is 7.98. The first-order chi connectivity index (χ1) is 10.1. The van der Waals surface area contributed by atoms with Gasteiger partial charge in [0, 0.05) is 5.56 Å². The fourth-order valence-corrected chi connectivity index (χ4v) is 2.38. The first-order valence-electron chi connectivity index (χ1n) is 6.75. The summed E-state index contributed by atoms with van der Waals surface area (Å²) in [4.78, 5) is 14.7. The van der Waals surface area contributed by atoms with E-state index in [0.717, 1.165) is 5.56 Å². The van der Waals surface area contributed by atoms with Crippen molar-refractivity contribution in [2.24, 2.45) is 10.9 Å². The highest BCUT2D eigenvalue weighted by Gasteiger charge is 2.22. The lowest BCUT2D eigenvalue weighted by Gasteiger charge is -2.12. The van der Waals surface area contributed by atoms with E-state index < -0.39 is 5.97 Å². The molecule has 1 fully saturated rings. The van der Waals surface area contributed by atoms with Crippen LogP contribution in [-0.4, -0.2) is 42.6 Å². The SMILES string of the molecule is COc1ccc(C(=NCC(=O)O)SC)cc1OCC1CC1. The van der Waals surface area contributed by atoms with Gasteiger partial charge in [-0.25, -0.2) is 0 Å². The standard InChI is InChI=1S/C15H19NO4S/c1-19-12-6-5-11(15(21-2)16-8-14(17)18)7-13(12)20-9-10-3-4-10/h5-7,10H,3-4,8-9H2,1-2H3,(H,17,18). The molecule has 0 aliphatic heterocycles. The highest BCUT2D eigenvalue weighted by atomic mass is 32.2. The van der Waals surface area contributed by atoms with Gasteiger partial charge < -0.3 is 14.6 Å². The molecule has 2 rings (SSSR count). The van der Waals surface area contributed by atoms with Crippen LogP contribution >= 0.6 is 11.8 Å². The van der Waals surface area contributed by atoms with Crippen molar-refractivity contribution in [3.05, 3.63) is 23.8 Å². The number of rotatable bonds is 7. The Morgan fingerprint density at radius 1 is 1.43 bits per heavy atom. The summed E-state index contributed by atoms with van der Waals surface area (Å²) in [5, 5.41) is 9.41. The molecular weight excluding hydrogens is 290 g/mol. The summed E-state index contributed by atoms with van der Waals surface area (Å²) >= 11 is 1.41. The van der Waals surface area contributed by atoms with Gasteiger partial charge in [0.1, 0.15) is 6.54 Å². The maximum atomic E-state index is 10.6. The van der Waals surface area contributed by atoms with E-state index in [0.29, 0.717) is 29.1 Å². The molecule has 0 spiro atoms. The normalized spacial score (nSPS) is 14.9.